The molecule has 2 aromatic rings. The SMILES string of the molecule is CCNC(=NCc1nnc2n1CCCC2)N1CCN(c2cccc(Cl)c2)CC1. The summed E-state index contributed by atoms with van der Waals surface area (Å²) in [5.74, 6) is 3.04. The zero-order chi connectivity index (χ0) is 19.3. The highest BCUT2D eigenvalue weighted by Gasteiger charge is 2.21. The number of halogens is 1. The second-order valence-electron chi connectivity index (χ2n) is 7.27. The summed E-state index contributed by atoms with van der Waals surface area (Å²) in [5.41, 5.74) is 1.18. The summed E-state index contributed by atoms with van der Waals surface area (Å²) < 4.78 is 2.24. The van der Waals surface area contributed by atoms with Gasteiger partial charge in [-0.3, -0.25) is 0 Å². The van der Waals surface area contributed by atoms with E-state index in [9.17, 15) is 0 Å². The van der Waals surface area contributed by atoms with Crippen molar-refractivity contribution < 1.29 is 0 Å². The molecule has 7 nitrogen and oxygen atoms in total. The van der Waals surface area contributed by atoms with E-state index in [4.69, 9.17) is 16.6 Å². The fraction of sp³-hybridized carbons (Fsp3) is 0.550. The molecule has 8 heteroatoms. The maximum atomic E-state index is 6.15. The van der Waals surface area contributed by atoms with Gasteiger partial charge in [-0.05, 0) is 38.0 Å². The van der Waals surface area contributed by atoms with Crippen molar-refractivity contribution in [1.82, 2.24) is 25.0 Å². The Bertz CT molecular complexity index is 824. The van der Waals surface area contributed by atoms with Crippen LogP contribution in [0, 0.1) is 0 Å². The Hall–Kier alpha value is -2.28. The molecule has 0 spiro atoms. The van der Waals surface area contributed by atoms with Gasteiger partial charge in [0.05, 0.1) is 0 Å². The second kappa shape index (κ2) is 8.82. The molecule has 2 aliphatic rings. The highest BCUT2D eigenvalue weighted by molar-refractivity contribution is 6.30. The Balaban J connectivity index is 1.41. The van der Waals surface area contributed by atoms with Crippen molar-refractivity contribution in [3.8, 4) is 0 Å². The molecule has 2 aliphatic heterocycles. The summed E-state index contributed by atoms with van der Waals surface area (Å²) in [6, 6.07) is 8.08. The summed E-state index contributed by atoms with van der Waals surface area (Å²) in [5, 5.41) is 12.9. The van der Waals surface area contributed by atoms with Crippen LogP contribution in [0.15, 0.2) is 29.3 Å². The van der Waals surface area contributed by atoms with Gasteiger partial charge in [-0.25, -0.2) is 4.99 Å². The van der Waals surface area contributed by atoms with Gasteiger partial charge in [0.25, 0.3) is 0 Å². The third-order valence-corrected chi connectivity index (χ3v) is 5.63. The minimum atomic E-state index is 0.573. The van der Waals surface area contributed by atoms with Crippen molar-refractivity contribution in [2.24, 2.45) is 4.99 Å². The van der Waals surface area contributed by atoms with Crippen LogP contribution in [0.4, 0.5) is 5.69 Å². The third kappa shape index (κ3) is 4.24. The molecule has 150 valence electrons. The molecule has 0 aliphatic carbocycles. The van der Waals surface area contributed by atoms with Gasteiger partial charge in [0.15, 0.2) is 11.8 Å². The number of benzene rings is 1. The number of fused-ring (bicyclic) bond motifs is 1. The van der Waals surface area contributed by atoms with E-state index in [1.165, 1.54) is 18.5 Å². The second-order valence-corrected chi connectivity index (χ2v) is 7.70. The number of nitrogens with zero attached hydrogens (tertiary/aromatic N) is 6. The van der Waals surface area contributed by atoms with E-state index in [2.05, 4.69) is 42.9 Å². The summed E-state index contributed by atoms with van der Waals surface area (Å²) in [6.45, 7) is 8.30. The first-order valence-corrected chi connectivity index (χ1v) is 10.6. The normalized spacial score (nSPS) is 17.6. The van der Waals surface area contributed by atoms with Gasteiger partial charge < -0.3 is 19.7 Å². The molecule has 0 saturated carbocycles. The number of guanidine groups is 1. The number of aliphatic imine (C=N–C) groups is 1. The topological polar surface area (TPSA) is 61.6 Å². The maximum absolute atomic E-state index is 6.15. The molecule has 0 bridgehead atoms. The quantitative estimate of drug-likeness (QED) is 0.630. The van der Waals surface area contributed by atoms with Gasteiger partial charge in [0.2, 0.25) is 0 Å². The van der Waals surface area contributed by atoms with Crippen LogP contribution >= 0.6 is 11.6 Å². The molecule has 1 aromatic carbocycles. The minimum absolute atomic E-state index is 0.573. The van der Waals surface area contributed by atoms with Crippen LogP contribution in [-0.2, 0) is 19.5 Å². The fourth-order valence-corrected chi connectivity index (χ4v) is 4.09. The summed E-state index contributed by atoms with van der Waals surface area (Å²) in [7, 11) is 0. The van der Waals surface area contributed by atoms with Crippen LogP contribution in [-0.4, -0.2) is 58.3 Å². The number of aryl methyl sites for hydroxylation is 1. The molecular formula is C20H28ClN7. The van der Waals surface area contributed by atoms with Crippen molar-refractivity contribution in [3.05, 3.63) is 40.9 Å². The highest BCUT2D eigenvalue weighted by Crippen LogP contribution is 2.21. The summed E-state index contributed by atoms with van der Waals surface area (Å²) in [6.07, 6.45) is 3.44. The number of hydrogen-bond donors (Lipinski definition) is 1. The van der Waals surface area contributed by atoms with Crippen LogP contribution in [0.1, 0.15) is 31.4 Å². The first kappa shape index (κ1) is 19.1. The van der Waals surface area contributed by atoms with E-state index in [0.717, 1.165) is 68.3 Å². The lowest BCUT2D eigenvalue weighted by Crippen LogP contribution is -2.52. The summed E-state index contributed by atoms with van der Waals surface area (Å²) in [4.78, 5) is 9.58. The molecule has 1 saturated heterocycles. The van der Waals surface area contributed by atoms with Crippen molar-refractivity contribution >= 4 is 23.2 Å². The predicted molar refractivity (Wildman–Crippen MR) is 113 cm³/mol. The molecule has 4 rings (SSSR count). The number of nitrogens with one attached hydrogen (secondary N) is 1. The fourth-order valence-electron chi connectivity index (χ4n) is 3.91. The van der Waals surface area contributed by atoms with Gasteiger partial charge in [-0.15, -0.1) is 10.2 Å². The number of aromatic nitrogens is 3. The average Bonchev–Trinajstić information content (AvgIpc) is 3.14. The Morgan fingerprint density at radius 2 is 2.00 bits per heavy atom. The zero-order valence-electron chi connectivity index (χ0n) is 16.4. The summed E-state index contributed by atoms with van der Waals surface area (Å²) >= 11 is 6.15. The van der Waals surface area contributed by atoms with Crippen molar-refractivity contribution in [2.45, 2.75) is 39.3 Å². The van der Waals surface area contributed by atoms with E-state index in [1.54, 1.807) is 0 Å². The Labute approximate surface area is 171 Å². The number of anilines is 1. The number of piperazine rings is 1. The lowest BCUT2D eigenvalue weighted by molar-refractivity contribution is 0.372. The smallest absolute Gasteiger partial charge is 0.194 e. The first-order chi connectivity index (χ1) is 13.7. The average molecular weight is 402 g/mol. The molecular weight excluding hydrogens is 374 g/mol. The largest absolute Gasteiger partial charge is 0.368 e. The lowest BCUT2D eigenvalue weighted by Gasteiger charge is -2.37. The monoisotopic (exact) mass is 401 g/mol. The van der Waals surface area contributed by atoms with E-state index < -0.39 is 0 Å². The van der Waals surface area contributed by atoms with Gasteiger partial charge >= 0.3 is 0 Å². The third-order valence-electron chi connectivity index (χ3n) is 5.39. The van der Waals surface area contributed by atoms with Gasteiger partial charge in [-0.1, -0.05) is 17.7 Å². The molecule has 1 aromatic heterocycles. The number of rotatable bonds is 4. The molecule has 0 amide bonds. The Kier molecular flexibility index (Phi) is 6.00. The Morgan fingerprint density at radius 3 is 2.79 bits per heavy atom. The molecule has 28 heavy (non-hydrogen) atoms. The van der Waals surface area contributed by atoms with Crippen molar-refractivity contribution in [3.63, 3.8) is 0 Å². The molecule has 3 heterocycles. The molecule has 0 radical (unpaired) electrons. The lowest BCUT2D eigenvalue weighted by atomic mass is 10.2. The van der Waals surface area contributed by atoms with Crippen LogP contribution in [0.2, 0.25) is 5.02 Å². The van der Waals surface area contributed by atoms with Gasteiger partial charge in [0, 0.05) is 56.4 Å². The molecule has 1 N–H and O–H groups in total. The maximum Gasteiger partial charge on any atom is 0.194 e. The van der Waals surface area contributed by atoms with Gasteiger partial charge in [-0.2, -0.15) is 0 Å². The molecule has 0 atom stereocenters. The zero-order valence-corrected chi connectivity index (χ0v) is 17.2. The van der Waals surface area contributed by atoms with E-state index >= 15 is 0 Å². The van der Waals surface area contributed by atoms with E-state index in [-0.39, 0.29) is 0 Å². The highest BCUT2D eigenvalue weighted by atomic mass is 35.5. The Morgan fingerprint density at radius 1 is 1.14 bits per heavy atom. The predicted octanol–water partition coefficient (Wildman–Crippen LogP) is 2.56. The molecule has 1 fully saturated rings. The van der Waals surface area contributed by atoms with Crippen LogP contribution in [0.25, 0.3) is 0 Å². The van der Waals surface area contributed by atoms with Crippen molar-refractivity contribution in [1.29, 1.82) is 0 Å². The van der Waals surface area contributed by atoms with E-state index in [0.29, 0.717) is 6.54 Å². The van der Waals surface area contributed by atoms with Crippen LogP contribution in [0.3, 0.4) is 0 Å². The molecule has 0 unspecified atom stereocenters. The van der Waals surface area contributed by atoms with Crippen LogP contribution in [0.5, 0.6) is 0 Å². The standard InChI is InChI=1S/C20H28ClN7/c1-2-22-20(23-15-19-25-24-18-8-3-4-9-28(18)19)27-12-10-26(11-13-27)17-7-5-6-16(21)14-17/h5-7,14H,2-4,8-13,15H2,1H3,(H,22,23). The minimum Gasteiger partial charge on any atom is -0.368 e. The first-order valence-electron chi connectivity index (χ1n) is 10.2. The van der Waals surface area contributed by atoms with Crippen molar-refractivity contribution in [2.75, 3.05) is 37.6 Å². The van der Waals surface area contributed by atoms with E-state index in [1.807, 2.05) is 18.2 Å². The van der Waals surface area contributed by atoms with Crippen LogP contribution < -0.4 is 10.2 Å². The van der Waals surface area contributed by atoms with Gasteiger partial charge in [0.1, 0.15) is 12.4 Å². The number of hydrogen-bond acceptors (Lipinski definition) is 4.